The average Bonchev–Trinajstić information content (AvgIpc) is 3.33. The minimum absolute atomic E-state index is 0.0244. The van der Waals surface area contributed by atoms with Crippen molar-refractivity contribution in [2.45, 2.75) is 19.5 Å². The summed E-state index contributed by atoms with van der Waals surface area (Å²) in [7, 11) is 1.84. The minimum atomic E-state index is -0.635. The van der Waals surface area contributed by atoms with Crippen molar-refractivity contribution in [3.63, 3.8) is 0 Å². The van der Waals surface area contributed by atoms with Crippen molar-refractivity contribution in [3.05, 3.63) is 64.5 Å². The lowest BCUT2D eigenvalue weighted by molar-refractivity contribution is 0.0678. The van der Waals surface area contributed by atoms with Crippen LogP contribution in [0.5, 0.6) is 0 Å². The third-order valence-electron chi connectivity index (χ3n) is 5.15. The summed E-state index contributed by atoms with van der Waals surface area (Å²) in [5.41, 5.74) is 0.718. The topological polar surface area (TPSA) is 99.1 Å². The quantitative estimate of drug-likeness (QED) is 0.486. The molecule has 1 aromatic carbocycles. The second-order valence-corrected chi connectivity index (χ2v) is 7.23. The van der Waals surface area contributed by atoms with Gasteiger partial charge in [-0.1, -0.05) is 18.2 Å². The van der Waals surface area contributed by atoms with Crippen molar-refractivity contribution < 1.29 is 9.21 Å². The molecule has 0 bridgehead atoms. The molecule has 4 heterocycles. The predicted octanol–water partition coefficient (Wildman–Crippen LogP) is 2.00. The first-order valence-electron chi connectivity index (χ1n) is 9.26. The first-order valence-corrected chi connectivity index (χ1v) is 9.26. The van der Waals surface area contributed by atoms with E-state index in [-0.39, 0.29) is 24.1 Å². The number of amides is 1. The summed E-state index contributed by atoms with van der Waals surface area (Å²) < 4.78 is 9.04. The lowest BCUT2D eigenvalue weighted by Crippen LogP contribution is -2.42. The van der Waals surface area contributed by atoms with Crippen LogP contribution in [0.4, 0.5) is 0 Å². The Kier molecular flexibility index (Phi) is 3.83. The van der Waals surface area contributed by atoms with Crippen LogP contribution in [0.15, 0.2) is 51.9 Å². The van der Waals surface area contributed by atoms with E-state index < -0.39 is 5.63 Å². The van der Waals surface area contributed by atoms with Gasteiger partial charge in [0.25, 0.3) is 5.91 Å². The zero-order chi connectivity index (χ0) is 20.1. The maximum Gasteiger partial charge on any atom is 0.349 e. The number of carbonyl (C=O) groups is 1. The molecule has 0 fully saturated rings. The van der Waals surface area contributed by atoms with Crippen LogP contribution in [0.2, 0.25) is 0 Å². The van der Waals surface area contributed by atoms with Crippen molar-refractivity contribution in [3.8, 4) is 11.4 Å². The van der Waals surface area contributed by atoms with Crippen molar-refractivity contribution in [1.82, 2.24) is 29.4 Å². The maximum absolute atomic E-state index is 13.1. The van der Waals surface area contributed by atoms with Gasteiger partial charge in [-0.15, -0.1) is 10.2 Å². The largest absolute Gasteiger partial charge is 0.422 e. The lowest BCUT2D eigenvalue weighted by Gasteiger charge is -2.32. The second kappa shape index (κ2) is 6.40. The highest BCUT2D eigenvalue weighted by molar-refractivity contribution is 5.96. The molecule has 0 N–H and O–H groups in total. The van der Waals surface area contributed by atoms with E-state index in [1.807, 2.05) is 36.9 Å². The molecule has 29 heavy (non-hydrogen) atoms. The molecule has 0 aliphatic carbocycles. The van der Waals surface area contributed by atoms with E-state index >= 15 is 0 Å². The van der Waals surface area contributed by atoms with E-state index in [1.54, 1.807) is 34.0 Å². The van der Waals surface area contributed by atoms with Crippen molar-refractivity contribution in [2.75, 3.05) is 6.54 Å². The van der Waals surface area contributed by atoms with Gasteiger partial charge < -0.3 is 13.9 Å². The van der Waals surface area contributed by atoms with Crippen LogP contribution in [0.1, 0.15) is 29.1 Å². The molecule has 146 valence electrons. The van der Waals surface area contributed by atoms with Gasteiger partial charge in [0.05, 0.1) is 24.3 Å². The van der Waals surface area contributed by atoms with Crippen LogP contribution in [0.25, 0.3) is 22.4 Å². The SMILES string of the molecule is C[C@H]1CN(C(=O)c2cc3ccccc3oc2=O)Cc2nnc(-c3cnn(C)c3)n21. The van der Waals surface area contributed by atoms with Gasteiger partial charge in [0.1, 0.15) is 11.1 Å². The zero-order valence-corrected chi connectivity index (χ0v) is 15.9. The summed E-state index contributed by atoms with van der Waals surface area (Å²) in [4.78, 5) is 27.1. The Morgan fingerprint density at radius 1 is 1.24 bits per heavy atom. The van der Waals surface area contributed by atoms with Gasteiger partial charge in [0.2, 0.25) is 0 Å². The van der Waals surface area contributed by atoms with Crippen LogP contribution in [-0.4, -0.2) is 41.9 Å². The van der Waals surface area contributed by atoms with E-state index in [4.69, 9.17) is 4.42 Å². The first kappa shape index (κ1) is 17.4. The molecule has 0 unspecified atom stereocenters. The molecular weight excluding hydrogens is 372 g/mol. The van der Waals surface area contributed by atoms with Gasteiger partial charge in [-0.3, -0.25) is 9.48 Å². The van der Waals surface area contributed by atoms with Gasteiger partial charge in [-0.25, -0.2) is 4.79 Å². The van der Waals surface area contributed by atoms with Gasteiger partial charge in [0.15, 0.2) is 11.6 Å². The van der Waals surface area contributed by atoms with E-state index in [9.17, 15) is 9.59 Å². The Balaban J connectivity index is 1.49. The Morgan fingerprint density at radius 2 is 2.07 bits per heavy atom. The molecule has 1 amide bonds. The highest BCUT2D eigenvalue weighted by Crippen LogP contribution is 2.28. The monoisotopic (exact) mass is 390 g/mol. The molecule has 0 saturated carbocycles. The third-order valence-corrected chi connectivity index (χ3v) is 5.15. The molecule has 0 spiro atoms. The highest BCUT2D eigenvalue weighted by Gasteiger charge is 2.31. The fourth-order valence-electron chi connectivity index (χ4n) is 3.80. The van der Waals surface area contributed by atoms with Crippen LogP contribution in [0, 0.1) is 0 Å². The van der Waals surface area contributed by atoms with Crippen LogP contribution < -0.4 is 5.63 Å². The Morgan fingerprint density at radius 3 is 2.86 bits per heavy atom. The Labute approximate surface area is 165 Å². The molecule has 1 aliphatic rings. The highest BCUT2D eigenvalue weighted by atomic mass is 16.4. The summed E-state index contributed by atoms with van der Waals surface area (Å²) in [6, 6.07) is 8.67. The third kappa shape index (κ3) is 2.82. The Bertz CT molecular complexity index is 1300. The number of carbonyl (C=O) groups excluding carboxylic acids is 1. The van der Waals surface area contributed by atoms with Crippen molar-refractivity contribution in [1.29, 1.82) is 0 Å². The molecule has 0 saturated heterocycles. The molecule has 0 radical (unpaired) electrons. The summed E-state index contributed by atoms with van der Waals surface area (Å²) in [6.45, 7) is 2.70. The number of aromatic nitrogens is 5. The van der Waals surface area contributed by atoms with E-state index in [0.717, 1.165) is 11.4 Å². The lowest BCUT2D eigenvalue weighted by atomic mass is 10.1. The summed E-state index contributed by atoms with van der Waals surface area (Å²) in [5, 5.41) is 13.5. The molecule has 4 aromatic rings. The summed E-state index contributed by atoms with van der Waals surface area (Å²) >= 11 is 0. The number of fused-ring (bicyclic) bond motifs is 2. The molecule has 5 rings (SSSR count). The zero-order valence-electron chi connectivity index (χ0n) is 15.9. The number of para-hydroxylation sites is 1. The molecule has 3 aromatic heterocycles. The van der Waals surface area contributed by atoms with E-state index in [1.165, 1.54) is 0 Å². The fraction of sp³-hybridized carbons (Fsp3) is 0.250. The number of hydrogen-bond donors (Lipinski definition) is 0. The van der Waals surface area contributed by atoms with Gasteiger partial charge in [-0.05, 0) is 19.1 Å². The number of aryl methyl sites for hydroxylation is 1. The number of benzene rings is 1. The smallest absolute Gasteiger partial charge is 0.349 e. The average molecular weight is 390 g/mol. The van der Waals surface area contributed by atoms with Crippen LogP contribution in [-0.2, 0) is 13.6 Å². The van der Waals surface area contributed by atoms with Crippen LogP contribution in [0.3, 0.4) is 0 Å². The number of nitrogens with zero attached hydrogens (tertiary/aromatic N) is 6. The first-order chi connectivity index (χ1) is 14.0. The van der Waals surface area contributed by atoms with Gasteiger partial charge in [0, 0.05) is 25.2 Å². The minimum Gasteiger partial charge on any atom is -0.422 e. The molecule has 9 heteroatoms. The predicted molar refractivity (Wildman–Crippen MR) is 104 cm³/mol. The molecule has 1 atom stereocenters. The molecule has 9 nitrogen and oxygen atoms in total. The fourth-order valence-corrected chi connectivity index (χ4v) is 3.80. The summed E-state index contributed by atoms with van der Waals surface area (Å²) in [6.07, 6.45) is 3.61. The standard InChI is InChI=1S/C20H18N6O3/c1-12-9-25(11-17-22-23-18(26(12)17)14-8-21-24(2)10-14)19(27)15-7-13-5-3-4-6-16(13)29-20(15)28/h3-8,10,12H,9,11H2,1-2H3/t12-/m0/s1. The van der Waals surface area contributed by atoms with E-state index in [0.29, 0.717) is 23.3 Å². The van der Waals surface area contributed by atoms with E-state index in [2.05, 4.69) is 15.3 Å². The molecule has 1 aliphatic heterocycles. The summed E-state index contributed by atoms with van der Waals surface area (Å²) in [5.74, 6) is 1.02. The Hall–Kier alpha value is -3.75. The normalized spacial score (nSPS) is 16.2. The van der Waals surface area contributed by atoms with Gasteiger partial charge >= 0.3 is 5.63 Å². The van der Waals surface area contributed by atoms with Crippen molar-refractivity contribution in [2.24, 2.45) is 7.05 Å². The second-order valence-electron chi connectivity index (χ2n) is 7.23. The number of hydrogen-bond acceptors (Lipinski definition) is 6. The number of rotatable bonds is 2. The van der Waals surface area contributed by atoms with Crippen LogP contribution >= 0.6 is 0 Å². The van der Waals surface area contributed by atoms with Crippen molar-refractivity contribution >= 4 is 16.9 Å². The maximum atomic E-state index is 13.1. The molecular formula is C20H18N6O3. The van der Waals surface area contributed by atoms with Gasteiger partial charge in [-0.2, -0.15) is 5.10 Å².